The van der Waals surface area contributed by atoms with Crippen molar-refractivity contribution in [3.05, 3.63) is 76.2 Å². The summed E-state index contributed by atoms with van der Waals surface area (Å²) in [5.74, 6) is 0.939. The number of aryl methyl sites for hydroxylation is 1. The number of aromatic amines is 1. The van der Waals surface area contributed by atoms with E-state index in [1.165, 1.54) is 4.68 Å². The Bertz CT molecular complexity index is 1230. The summed E-state index contributed by atoms with van der Waals surface area (Å²) in [6.07, 6.45) is 3.00. The van der Waals surface area contributed by atoms with Gasteiger partial charge in [0, 0.05) is 0 Å². The number of hydrogen-bond donors (Lipinski definition) is 1. The molecule has 1 saturated carbocycles. The van der Waals surface area contributed by atoms with E-state index in [1.807, 2.05) is 30.3 Å². The third-order valence-electron chi connectivity index (χ3n) is 6.66. The fourth-order valence-electron chi connectivity index (χ4n) is 4.70. The molecule has 7 nitrogen and oxygen atoms in total. The van der Waals surface area contributed by atoms with Crippen molar-refractivity contribution in [3.63, 3.8) is 0 Å². The monoisotopic (exact) mass is 460 g/mol. The number of H-pyrrole nitrogens is 1. The van der Waals surface area contributed by atoms with Crippen molar-refractivity contribution >= 4 is 17.3 Å². The highest BCUT2D eigenvalue weighted by Gasteiger charge is 2.34. The molecule has 1 aliphatic rings. The zero-order chi connectivity index (χ0) is 24.2. The lowest BCUT2D eigenvalue weighted by Crippen LogP contribution is -2.35. The average Bonchev–Trinajstić information content (AvgIpc) is 3.11. The van der Waals surface area contributed by atoms with E-state index in [0.717, 1.165) is 19.3 Å². The maximum atomic E-state index is 13.1. The summed E-state index contributed by atoms with van der Waals surface area (Å²) in [5, 5.41) is 11.5. The normalized spacial score (nSPS) is 20.7. The van der Waals surface area contributed by atoms with E-state index in [2.05, 4.69) is 36.1 Å². The van der Waals surface area contributed by atoms with Crippen molar-refractivity contribution in [1.82, 2.24) is 9.78 Å². The fraction of sp³-hybridized carbons (Fsp3) is 0.407. The van der Waals surface area contributed by atoms with Gasteiger partial charge in [0.1, 0.15) is 11.8 Å². The van der Waals surface area contributed by atoms with Gasteiger partial charge < -0.3 is 4.74 Å². The molecule has 0 spiro atoms. The predicted octanol–water partition coefficient (Wildman–Crippen LogP) is 6.51. The third kappa shape index (κ3) is 5.03. The van der Waals surface area contributed by atoms with Crippen molar-refractivity contribution in [2.75, 3.05) is 0 Å². The van der Waals surface area contributed by atoms with Crippen LogP contribution in [0, 0.1) is 24.7 Å². The van der Waals surface area contributed by atoms with Gasteiger partial charge in [0.05, 0.1) is 16.9 Å². The van der Waals surface area contributed by atoms with Gasteiger partial charge in [-0.2, -0.15) is 0 Å². The minimum absolute atomic E-state index is 0.105. The number of nitrogens with zero attached hydrogens (tertiary/aromatic N) is 3. The fourth-order valence-corrected chi connectivity index (χ4v) is 4.70. The number of carbonyl (C=O) groups is 1. The van der Waals surface area contributed by atoms with Crippen LogP contribution in [0.15, 0.2) is 69.6 Å². The second kappa shape index (κ2) is 10.2. The van der Waals surface area contributed by atoms with E-state index < -0.39 is 5.97 Å². The number of aromatic nitrogens is 2. The van der Waals surface area contributed by atoms with Crippen molar-refractivity contribution in [2.24, 2.45) is 28.0 Å². The molecule has 1 heterocycles. The molecular weight excluding hydrogens is 428 g/mol. The molecule has 3 unspecified atom stereocenters. The minimum atomic E-state index is -0.396. The Morgan fingerprint density at radius 2 is 1.76 bits per heavy atom. The summed E-state index contributed by atoms with van der Waals surface area (Å²) in [7, 11) is 0. The number of carbonyl (C=O) groups excluding carboxylic acids is 1. The zero-order valence-electron chi connectivity index (χ0n) is 20.2. The first-order chi connectivity index (χ1) is 16.3. The van der Waals surface area contributed by atoms with Gasteiger partial charge in [-0.25, -0.2) is 9.48 Å². The molecule has 2 aromatic carbocycles. The summed E-state index contributed by atoms with van der Waals surface area (Å²) in [6.45, 7) is 8.35. The van der Waals surface area contributed by atoms with Crippen molar-refractivity contribution in [1.29, 1.82) is 0 Å². The van der Waals surface area contributed by atoms with E-state index in [1.54, 1.807) is 31.2 Å². The third-order valence-corrected chi connectivity index (χ3v) is 6.66. The Morgan fingerprint density at radius 3 is 2.50 bits per heavy atom. The second-order valence-electron chi connectivity index (χ2n) is 9.55. The average molecular weight is 461 g/mol. The maximum Gasteiger partial charge on any atom is 0.340 e. The Balaban J connectivity index is 1.58. The standard InChI is InChI=1S/C27H32N4O3/c1-17(2)21-15-14-18(3)16-24(21)34-27(33)22-12-8-9-13-23(22)28-29-25-19(4)30-31(26(25)32)20-10-6-5-7-11-20/h5-13,17-18,21,24,30H,14-16H2,1-4H3. The molecule has 0 amide bonds. The smallest absolute Gasteiger partial charge is 0.340 e. The van der Waals surface area contributed by atoms with Gasteiger partial charge in [-0.05, 0) is 61.8 Å². The van der Waals surface area contributed by atoms with Crippen molar-refractivity contribution < 1.29 is 9.53 Å². The molecule has 178 valence electrons. The summed E-state index contributed by atoms with van der Waals surface area (Å²) in [5.41, 5.74) is 1.93. The molecule has 34 heavy (non-hydrogen) atoms. The van der Waals surface area contributed by atoms with E-state index in [0.29, 0.717) is 40.4 Å². The number of rotatable bonds is 6. The molecule has 0 radical (unpaired) electrons. The van der Waals surface area contributed by atoms with Gasteiger partial charge in [-0.15, -0.1) is 10.2 Å². The molecule has 4 rings (SSSR count). The van der Waals surface area contributed by atoms with Crippen LogP contribution in [0.3, 0.4) is 0 Å². The quantitative estimate of drug-likeness (QED) is 0.336. The van der Waals surface area contributed by atoms with Gasteiger partial charge >= 0.3 is 5.97 Å². The van der Waals surface area contributed by atoms with E-state index in [9.17, 15) is 9.59 Å². The Morgan fingerprint density at radius 1 is 1.06 bits per heavy atom. The number of benzene rings is 2. The molecule has 1 aliphatic carbocycles. The lowest BCUT2D eigenvalue weighted by molar-refractivity contribution is -0.0173. The van der Waals surface area contributed by atoms with Crippen LogP contribution in [0.2, 0.25) is 0 Å². The van der Waals surface area contributed by atoms with Gasteiger partial charge in [-0.3, -0.25) is 9.89 Å². The van der Waals surface area contributed by atoms with E-state index in [-0.39, 0.29) is 17.4 Å². The molecular formula is C27H32N4O3. The van der Waals surface area contributed by atoms with Gasteiger partial charge in [0.15, 0.2) is 5.69 Å². The number of azo groups is 1. The summed E-state index contributed by atoms with van der Waals surface area (Å²) in [4.78, 5) is 26.1. The summed E-state index contributed by atoms with van der Waals surface area (Å²) < 4.78 is 7.44. The first-order valence-corrected chi connectivity index (χ1v) is 11.9. The van der Waals surface area contributed by atoms with Gasteiger partial charge in [0.2, 0.25) is 0 Å². The molecule has 1 N–H and O–H groups in total. The van der Waals surface area contributed by atoms with Crippen LogP contribution < -0.4 is 5.56 Å². The van der Waals surface area contributed by atoms with Crippen LogP contribution in [0.25, 0.3) is 5.69 Å². The molecule has 0 saturated heterocycles. The Labute approximate surface area is 199 Å². The molecule has 3 aromatic rings. The van der Waals surface area contributed by atoms with Crippen LogP contribution in [0.5, 0.6) is 0 Å². The predicted molar refractivity (Wildman–Crippen MR) is 132 cm³/mol. The number of para-hydroxylation sites is 1. The highest BCUT2D eigenvalue weighted by Crippen LogP contribution is 2.36. The van der Waals surface area contributed by atoms with Gasteiger partial charge in [0.25, 0.3) is 5.56 Å². The maximum absolute atomic E-state index is 13.1. The zero-order valence-corrected chi connectivity index (χ0v) is 20.2. The molecule has 0 bridgehead atoms. The summed E-state index contributed by atoms with van der Waals surface area (Å²) in [6, 6.07) is 16.2. The van der Waals surface area contributed by atoms with Crippen LogP contribution in [-0.2, 0) is 4.74 Å². The molecule has 3 atom stereocenters. The van der Waals surface area contributed by atoms with Crippen LogP contribution in [0.1, 0.15) is 56.1 Å². The van der Waals surface area contributed by atoms with Crippen molar-refractivity contribution in [2.45, 2.75) is 53.1 Å². The van der Waals surface area contributed by atoms with E-state index >= 15 is 0 Å². The Kier molecular flexibility index (Phi) is 7.10. The van der Waals surface area contributed by atoms with Crippen LogP contribution in [-0.4, -0.2) is 21.9 Å². The molecule has 1 aromatic heterocycles. The number of nitrogens with one attached hydrogen (secondary N) is 1. The lowest BCUT2D eigenvalue weighted by atomic mass is 9.75. The van der Waals surface area contributed by atoms with Crippen LogP contribution >= 0.6 is 0 Å². The second-order valence-corrected chi connectivity index (χ2v) is 9.55. The minimum Gasteiger partial charge on any atom is -0.458 e. The van der Waals surface area contributed by atoms with Gasteiger partial charge in [-0.1, -0.05) is 57.5 Å². The first kappa shape index (κ1) is 23.7. The first-order valence-electron chi connectivity index (χ1n) is 11.9. The molecule has 7 heteroatoms. The summed E-state index contributed by atoms with van der Waals surface area (Å²) >= 11 is 0. The largest absolute Gasteiger partial charge is 0.458 e. The highest BCUT2D eigenvalue weighted by atomic mass is 16.5. The lowest BCUT2D eigenvalue weighted by Gasteiger charge is -2.36. The molecule has 1 fully saturated rings. The number of ether oxygens (including phenoxy) is 1. The number of esters is 1. The SMILES string of the molecule is Cc1[nH]n(-c2ccccc2)c(=O)c1N=Nc1ccccc1C(=O)OC1CC(C)CCC1C(C)C. The Hall–Kier alpha value is -3.48. The van der Waals surface area contributed by atoms with E-state index in [4.69, 9.17) is 4.74 Å². The highest BCUT2D eigenvalue weighted by molar-refractivity contribution is 5.94. The van der Waals surface area contributed by atoms with Crippen LogP contribution in [0.4, 0.5) is 11.4 Å². The molecule has 0 aliphatic heterocycles. The number of hydrogen-bond acceptors (Lipinski definition) is 5. The van der Waals surface area contributed by atoms with Crippen molar-refractivity contribution in [3.8, 4) is 5.69 Å². The topological polar surface area (TPSA) is 88.8 Å².